The van der Waals surface area contributed by atoms with Crippen LogP contribution in [0, 0.1) is 0 Å². The molecule has 0 amide bonds. The highest BCUT2D eigenvalue weighted by molar-refractivity contribution is 5.95. The van der Waals surface area contributed by atoms with Crippen molar-refractivity contribution in [1.29, 1.82) is 0 Å². The fourth-order valence-corrected chi connectivity index (χ4v) is 2.32. The quantitative estimate of drug-likeness (QED) is 0.583. The zero-order valence-electron chi connectivity index (χ0n) is 10.9. The minimum Gasteiger partial charge on any atom is -0.502 e. The number of pyridine rings is 1. The van der Waals surface area contributed by atoms with Gasteiger partial charge in [-0.05, 0) is 18.2 Å². The Labute approximate surface area is 116 Å². The molecule has 0 spiro atoms. The monoisotopic (exact) mass is 264 g/mol. The van der Waals surface area contributed by atoms with E-state index >= 15 is 0 Å². The Balaban J connectivity index is 2.02. The highest BCUT2D eigenvalue weighted by Crippen LogP contribution is 2.20. The van der Waals surface area contributed by atoms with Crippen molar-refractivity contribution in [1.82, 2.24) is 0 Å². The molecule has 0 radical (unpaired) electrons. The van der Waals surface area contributed by atoms with E-state index in [2.05, 4.69) is 0 Å². The molecule has 0 aliphatic carbocycles. The van der Waals surface area contributed by atoms with Gasteiger partial charge in [-0.25, -0.2) is 0 Å². The molecule has 3 heteroatoms. The Bertz CT molecular complexity index is 761. The van der Waals surface area contributed by atoms with Crippen molar-refractivity contribution in [3.63, 3.8) is 0 Å². The van der Waals surface area contributed by atoms with Crippen molar-refractivity contribution in [3.05, 3.63) is 72.4 Å². The number of phenols is 1. The Morgan fingerprint density at radius 1 is 0.950 bits per heavy atom. The van der Waals surface area contributed by atoms with Crippen LogP contribution in [0.3, 0.4) is 0 Å². The standard InChI is InChI=1S/C17H13NO2/c19-15-10-4-8-14-9-5-11-18(17(14)15)12-16(20)13-6-2-1-3-7-13/h1-11H,12H2/p+1. The fourth-order valence-electron chi connectivity index (χ4n) is 2.32. The summed E-state index contributed by atoms with van der Waals surface area (Å²) in [4.78, 5) is 12.3. The first-order valence-electron chi connectivity index (χ1n) is 6.44. The molecule has 2 aromatic carbocycles. The van der Waals surface area contributed by atoms with Gasteiger partial charge in [-0.15, -0.1) is 0 Å². The predicted octanol–water partition coefficient (Wildman–Crippen LogP) is 2.72. The summed E-state index contributed by atoms with van der Waals surface area (Å²) in [6, 6.07) is 18.3. The average molecular weight is 264 g/mol. The minimum atomic E-state index is 0.0198. The summed E-state index contributed by atoms with van der Waals surface area (Å²) in [6.45, 7) is 0.207. The number of aromatic nitrogens is 1. The summed E-state index contributed by atoms with van der Waals surface area (Å²) in [6.07, 6.45) is 1.81. The van der Waals surface area contributed by atoms with Gasteiger partial charge in [0.25, 0.3) is 5.52 Å². The zero-order chi connectivity index (χ0) is 13.9. The Hall–Kier alpha value is -2.68. The van der Waals surface area contributed by atoms with Crippen LogP contribution in [0.5, 0.6) is 5.75 Å². The van der Waals surface area contributed by atoms with E-state index in [1.807, 2.05) is 42.6 Å². The van der Waals surface area contributed by atoms with Crippen LogP contribution >= 0.6 is 0 Å². The van der Waals surface area contributed by atoms with Gasteiger partial charge >= 0.3 is 0 Å². The molecule has 0 atom stereocenters. The largest absolute Gasteiger partial charge is 0.502 e. The second-order valence-electron chi connectivity index (χ2n) is 4.64. The van der Waals surface area contributed by atoms with Gasteiger partial charge in [0, 0.05) is 11.6 Å². The molecule has 0 fully saturated rings. The molecular weight excluding hydrogens is 250 g/mol. The van der Waals surface area contributed by atoms with Crippen LogP contribution in [-0.4, -0.2) is 10.9 Å². The van der Waals surface area contributed by atoms with E-state index in [4.69, 9.17) is 0 Å². The minimum absolute atomic E-state index is 0.0198. The molecule has 0 unspecified atom stereocenters. The zero-order valence-corrected chi connectivity index (χ0v) is 10.9. The lowest BCUT2D eigenvalue weighted by Crippen LogP contribution is -2.38. The maximum absolute atomic E-state index is 12.3. The summed E-state index contributed by atoms with van der Waals surface area (Å²) in [5, 5.41) is 10.9. The molecule has 0 saturated carbocycles. The van der Waals surface area contributed by atoms with Crippen LogP contribution in [0.15, 0.2) is 66.9 Å². The summed E-state index contributed by atoms with van der Waals surface area (Å²) >= 11 is 0. The van der Waals surface area contributed by atoms with Crippen molar-refractivity contribution < 1.29 is 14.5 Å². The number of hydrogen-bond donors (Lipinski definition) is 1. The number of hydrogen-bond acceptors (Lipinski definition) is 2. The van der Waals surface area contributed by atoms with Gasteiger partial charge in [0.15, 0.2) is 11.9 Å². The lowest BCUT2D eigenvalue weighted by Gasteiger charge is -2.02. The van der Waals surface area contributed by atoms with Crippen molar-refractivity contribution in [2.45, 2.75) is 6.54 Å². The van der Waals surface area contributed by atoms with Crippen LogP contribution in [0.4, 0.5) is 0 Å². The van der Waals surface area contributed by atoms with E-state index < -0.39 is 0 Å². The van der Waals surface area contributed by atoms with Crippen molar-refractivity contribution in [3.8, 4) is 5.75 Å². The number of para-hydroxylation sites is 1. The van der Waals surface area contributed by atoms with E-state index in [9.17, 15) is 9.90 Å². The topological polar surface area (TPSA) is 41.2 Å². The summed E-state index contributed by atoms with van der Waals surface area (Å²) in [7, 11) is 0. The molecule has 20 heavy (non-hydrogen) atoms. The molecule has 0 aliphatic rings. The number of phenolic OH excluding ortho intramolecular Hbond substituents is 1. The first kappa shape index (κ1) is 12.4. The van der Waals surface area contributed by atoms with Crippen LogP contribution in [-0.2, 0) is 6.54 Å². The second-order valence-corrected chi connectivity index (χ2v) is 4.64. The molecule has 3 rings (SSSR count). The number of benzene rings is 2. The lowest BCUT2D eigenvalue weighted by molar-refractivity contribution is -0.657. The third-order valence-corrected chi connectivity index (χ3v) is 3.28. The molecule has 1 aromatic heterocycles. The Kier molecular flexibility index (Phi) is 3.17. The molecular formula is C17H14NO2+. The number of Topliss-reactive ketones (excluding diaryl/α,β-unsaturated/α-hetero) is 1. The molecule has 0 saturated heterocycles. The average Bonchev–Trinajstić information content (AvgIpc) is 2.48. The van der Waals surface area contributed by atoms with Crippen LogP contribution in [0.1, 0.15) is 10.4 Å². The predicted molar refractivity (Wildman–Crippen MR) is 76.6 cm³/mol. The summed E-state index contributed by atoms with van der Waals surface area (Å²) in [5.74, 6) is 0.204. The Morgan fingerprint density at radius 3 is 2.50 bits per heavy atom. The van der Waals surface area contributed by atoms with E-state index in [0.717, 1.165) is 5.39 Å². The van der Waals surface area contributed by atoms with Gasteiger partial charge in [-0.3, -0.25) is 4.79 Å². The van der Waals surface area contributed by atoms with E-state index in [-0.39, 0.29) is 18.1 Å². The first-order valence-corrected chi connectivity index (χ1v) is 6.44. The van der Waals surface area contributed by atoms with Gasteiger partial charge in [0.05, 0.1) is 5.39 Å². The van der Waals surface area contributed by atoms with Crippen molar-refractivity contribution in [2.75, 3.05) is 0 Å². The number of carbonyl (C=O) groups excluding carboxylic acids is 1. The highest BCUT2D eigenvalue weighted by Gasteiger charge is 2.17. The molecule has 0 aliphatic heterocycles. The third-order valence-electron chi connectivity index (χ3n) is 3.28. The number of carbonyl (C=O) groups is 1. The van der Waals surface area contributed by atoms with Gasteiger partial charge in [0.1, 0.15) is 0 Å². The second kappa shape index (κ2) is 5.13. The van der Waals surface area contributed by atoms with Gasteiger partial charge in [-0.1, -0.05) is 36.4 Å². The normalized spacial score (nSPS) is 10.6. The van der Waals surface area contributed by atoms with E-state index in [1.165, 1.54) is 0 Å². The number of fused-ring (bicyclic) bond motifs is 1. The maximum Gasteiger partial charge on any atom is 0.255 e. The SMILES string of the molecule is O=C(C[n+]1cccc2cccc(O)c21)c1ccccc1. The smallest absolute Gasteiger partial charge is 0.255 e. The molecule has 1 N–H and O–H groups in total. The third kappa shape index (κ3) is 2.26. The van der Waals surface area contributed by atoms with Gasteiger partial charge in [0.2, 0.25) is 12.3 Å². The molecule has 1 heterocycles. The summed E-state index contributed by atoms with van der Waals surface area (Å²) < 4.78 is 1.78. The van der Waals surface area contributed by atoms with Gasteiger partial charge < -0.3 is 5.11 Å². The fraction of sp³-hybridized carbons (Fsp3) is 0.0588. The van der Waals surface area contributed by atoms with Crippen LogP contribution in [0.2, 0.25) is 0 Å². The first-order chi connectivity index (χ1) is 9.75. The Morgan fingerprint density at radius 2 is 1.70 bits per heavy atom. The van der Waals surface area contributed by atoms with Crippen molar-refractivity contribution in [2.24, 2.45) is 0 Å². The van der Waals surface area contributed by atoms with Crippen LogP contribution in [0.25, 0.3) is 10.9 Å². The lowest BCUT2D eigenvalue weighted by atomic mass is 10.1. The molecule has 3 aromatic rings. The van der Waals surface area contributed by atoms with Crippen LogP contribution < -0.4 is 4.57 Å². The maximum atomic E-state index is 12.3. The van der Waals surface area contributed by atoms with E-state index in [0.29, 0.717) is 11.1 Å². The van der Waals surface area contributed by atoms with Gasteiger partial charge in [-0.2, -0.15) is 4.57 Å². The molecule has 3 nitrogen and oxygen atoms in total. The molecule has 0 bridgehead atoms. The molecule has 98 valence electrons. The number of ketones is 1. The van der Waals surface area contributed by atoms with Crippen molar-refractivity contribution >= 4 is 16.7 Å². The number of rotatable bonds is 3. The number of nitrogens with zero attached hydrogens (tertiary/aromatic N) is 1. The highest BCUT2D eigenvalue weighted by atomic mass is 16.3. The summed E-state index contributed by atoms with van der Waals surface area (Å²) in [5.41, 5.74) is 1.35. The number of aromatic hydroxyl groups is 1. The van der Waals surface area contributed by atoms with E-state index in [1.54, 1.807) is 28.8 Å².